The molecule has 0 amide bonds. The predicted octanol–water partition coefficient (Wildman–Crippen LogP) is -1.65. The van der Waals surface area contributed by atoms with Crippen molar-refractivity contribution in [3.05, 3.63) is 11.6 Å². The Morgan fingerprint density at radius 3 is 2.45 bits per heavy atom. The van der Waals surface area contributed by atoms with Crippen LogP contribution in [-0.2, 0) is 19.0 Å². The summed E-state index contributed by atoms with van der Waals surface area (Å²) in [4.78, 5) is 12.3. The lowest BCUT2D eigenvalue weighted by molar-refractivity contribution is -0.325. The molecule has 11 atom stereocenters. The highest BCUT2D eigenvalue weighted by Gasteiger charge is 2.71. The van der Waals surface area contributed by atoms with Crippen molar-refractivity contribution < 1.29 is 49.6 Å². The number of ether oxygens (including phenoxy) is 3. The summed E-state index contributed by atoms with van der Waals surface area (Å²) in [5, 5.41) is 61.8. The van der Waals surface area contributed by atoms with E-state index in [0.717, 1.165) is 5.57 Å². The molecule has 4 aliphatic rings. The van der Waals surface area contributed by atoms with Crippen LogP contribution in [0.25, 0.3) is 0 Å². The van der Waals surface area contributed by atoms with Gasteiger partial charge in [-0.15, -0.1) is 0 Å². The SMILES string of the molecule is CC1=CCC(OC2OC(CO)C(O)C(O)C2O)C2(C)CCC3(O)C(OC(=O)C3(C)O)C12. The van der Waals surface area contributed by atoms with Gasteiger partial charge in [-0.25, -0.2) is 4.79 Å². The largest absolute Gasteiger partial charge is 0.456 e. The van der Waals surface area contributed by atoms with E-state index < -0.39 is 78.0 Å². The average Bonchev–Trinajstić information content (AvgIpc) is 2.89. The fourth-order valence-electron chi connectivity index (χ4n) is 5.83. The van der Waals surface area contributed by atoms with Gasteiger partial charge in [0.25, 0.3) is 0 Å². The normalized spacial score (nSPS) is 54.6. The van der Waals surface area contributed by atoms with E-state index in [1.807, 2.05) is 19.9 Å². The molecule has 0 spiro atoms. The number of aliphatic hydroxyl groups excluding tert-OH is 4. The zero-order chi connectivity index (χ0) is 22.9. The molecule has 3 fully saturated rings. The summed E-state index contributed by atoms with van der Waals surface area (Å²) in [6.07, 6.45) is -5.62. The Morgan fingerprint density at radius 1 is 1.13 bits per heavy atom. The minimum absolute atomic E-state index is 0.102. The molecule has 2 aliphatic heterocycles. The van der Waals surface area contributed by atoms with E-state index in [9.17, 15) is 35.4 Å². The van der Waals surface area contributed by atoms with Crippen molar-refractivity contribution in [2.45, 2.75) is 94.1 Å². The van der Waals surface area contributed by atoms with E-state index in [2.05, 4.69) is 0 Å². The molecule has 6 N–H and O–H groups in total. The van der Waals surface area contributed by atoms with Gasteiger partial charge >= 0.3 is 5.97 Å². The van der Waals surface area contributed by atoms with Crippen LogP contribution < -0.4 is 0 Å². The second kappa shape index (κ2) is 7.46. The standard InChI is InChI=1S/C21H32O10/c1-9-4-5-11(30-17-15(25)14(24)13(23)10(8-22)29-17)19(2)6-7-21(28)16(12(9)19)31-18(26)20(21,3)27/h4,10-17,22-25,27-28H,5-8H2,1-3H3. The number of hydrogen-bond acceptors (Lipinski definition) is 10. The van der Waals surface area contributed by atoms with Crippen molar-refractivity contribution in [2.24, 2.45) is 11.3 Å². The number of hydrogen-bond donors (Lipinski definition) is 6. The fraction of sp³-hybridized carbons (Fsp3) is 0.857. The second-order valence-corrected chi connectivity index (χ2v) is 9.81. The van der Waals surface area contributed by atoms with Gasteiger partial charge in [0.15, 0.2) is 11.9 Å². The summed E-state index contributed by atoms with van der Waals surface area (Å²) in [6.45, 7) is 4.51. The van der Waals surface area contributed by atoms with Gasteiger partial charge in [0.05, 0.1) is 12.7 Å². The maximum atomic E-state index is 12.3. The van der Waals surface area contributed by atoms with E-state index in [1.165, 1.54) is 6.92 Å². The van der Waals surface area contributed by atoms with Crippen molar-refractivity contribution in [3.63, 3.8) is 0 Å². The van der Waals surface area contributed by atoms with Gasteiger partial charge in [-0.05, 0) is 33.1 Å². The third kappa shape index (κ3) is 3.12. The molecule has 0 bridgehead atoms. The minimum atomic E-state index is -2.02. The summed E-state index contributed by atoms with van der Waals surface area (Å²) in [5.41, 5.74) is -3.52. The molecule has 0 aromatic rings. The first-order valence-electron chi connectivity index (χ1n) is 10.7. The molecular formula is C21H32O10. The quantitative estimate of drug-likeness (QED) is 0.219. The van der Waals surface area contributed by atoms with Crippen LogP contribution in [0.4, 0.5) is 0 Å². The summed E-state index contributed by atoms with van der Waals surface area (Å²) in [6, 6.07) is 0. The number of fused-ring (bicyclic) bond motifs is 3. The highest BCUT2D eigenvalue weighted by Crippen LogP contribution is 2.59. The van der Waals surface area contributed by atoms with E-state index in [0.29, 0.717) is 12.8 Å². The Labute approximate surface area is 180 Å². The molecule has 10 nitrogen and oxygen atoms in total. The Morgan fingerprint density at radius 2 is 1.81 bits per heavy atom. The molecule has 2 aliphatic carbocycles. The Bertz CT molecular complexity index is 765. The molecule has 176 valence electrons. The van der Waals surface area contributed by atoms with Crippen LogP contribution in [0.1, 0.15) is 40.0 Å². The molecule has 10 heteroatoms. The van der Waals surface area contributed by atoms with Crippen LogP contribution in [0.15, 0.2) is 11.6 Å². The smallest absolute Gasteiger partial charge is 0.341 e. The summed E-state index contributed by atoms with van der Waals surface area (Å²) in [5.74, 6) is -1.32. The first kappa shape index (κ1) is 23.1. The molecule has 2 saturated heterocycles. The van der Waals surface area contributed by atoms with E-state index in [-0.39, 0.29) is 6.42 Å². The van der Waals surface area contributed by atoms with Crippen LogP contribution in [-0.4, -0.2) is 97.3 Å². The first-order chi connectivity index (χ1) is 14.4. The van der Waals surface area contributed by atoms with Gasteiger partial charge in [0, 0.05) is 11.3 Å². The maximum Gasteiger partial charge on any atom is 0.341 e. The van der Waals surface area contributed by atoms with E-state index >= 15 is 0 Å². The van der Waals surface area contributed by atoms with Gasteiger partial charge < -0.3 is 44.8 Å². The lowest BCUT2D eigenvalue weighted by atomic mass is 9.53. The Kier molecular flexibility index (Phi) is 5.55. The van der Waals surface area contributed by atoms with Gasteiger partial charge in [0.1, 0.15) is 36.1 Å². The highest BCUT2D eigenvalue weighted by atomic mass is 16.7. The predicted molar refractivity (Wildman–Crippen MR) is 103 cm³/mol. The van der Waals surface area contributed by atoms with Crippen molar-refractivity contribution in [3.8, 4) is 0 Å². The van der Waals surface area contributed by atoms with Crippen LogP contribution in [0.5, 0.6) is 0 Å². The number of aliphatic hydroxyl groups is 6. The van der Waals surface area contributed by atoms with Crippen molar-refractivity contribution >= 4 is 5.97 Å². The number of carbonyl (C=O) groups excluding carboxylic acids is 1. The highest BCUT2D eigenvalue weighted by molar-refractivity contribution is 5.84. The molecule has 11 unspecified atom stereocenters. The molecule has 0 aromatic heterocycles. The van der Waals surface area contributed by atoms with Gasteiger partial charge in [-0.2, -0.15) is 0 Å². The molecular weight excluding hydrogens is 412 g/mol. The lowest BCUT2D eigenvalue weighted by Gasteiger charge is -2.56. The monoisotopic (exact) mass is 444 g/mol. The lowest BCUT2D eigenvalue weighted by Crippen LogP contribution is -2.66. The summed E-state index contributed by atoms with van der Waals surface area (Å²) in [7, 11) is 0. The second-order valence-electron chi connectivity index (χ2n) is 9.81. The third-order valence-electron chi connectivity index (χ3n) is 8.03. The van der Waals surface area contributed by atoms with Crippen LogP contribution in [0.2, 0.25) is 0 Å². The maximum absolute atomic E-state index is 12.3. The first-order valence-corrected chi connectivity index (χ1v) is 10.7. The molecule has 4 rings (SSSR count). The average molecular weight is 444 g/mol. The third-order valence-corrected chi connectivity index (χ3v) is 8.03. The van der Waals surface area contributed by atoms with Gasteiger partial charge in [0.2, 0.25) is 0 Å². The number of carbonyl (C=O) groups is 1. The van der Waals surface area contributed by atoms with Crippen LogP contribution >= 0.6 is 0 Å². The molecule has 1 saturated carbocycles. The summed E-state index contributed by atoms with van der Waals surface area (Å²) < 4.78 is 17.1. The summed E-state index contributed by atoms with van der Waals surface area (Å²) >= 11 is 0. The Hall–Kier alpha value is -1.11. The minimum Gasteiger partial charge on any atom is -0.456 e. The van der Waals surface area contributed by atoms with Crippen LogP contribution in [0.3, 0.4) is 0 Å². The molecule has 0 radical (unpaired) electrons. The van der Waals surface area contributed by atoms with E-state index in [1.54, 1.807) is 0 Å². The van der Waals surface area contributed by atoms with E-state index in [4.69, 9.17) is 14.2 Å². The fourth-order valence-corrected chi connectivity index (χ4v) is 5.83. The zero-order valence-corrected chi connectivity index (χ0v) is 17.8. The van der Waals surface area contributed by atoms with Gasteiger partial charge in [-0.3, -0.25) is 0 Å². The number of esters is 1. The van der Waals surface area contributed by atoms with Gasteiger partial charge in [-0.1, -0.05) is 18.6 Å². The van der Waals surface area contributed by atoms with Crippen molar-refractivity contribution in [2.75, 3.05) is 6.61 Å². The molecule has 2 heterocycles. The molecule has 0 aromatic carbocycles. The topological polar surface area (TPSA) is 166 Å². The van der Waals surface area contributed by atoms with Crippen molar-refractivity contribution in [1.82, 2.24) is 0 Å². The van der Waals surface area contributed by atoms with Crippen molar-refractivity contribution in [1.29, 1.82) is 0 Å². The zero-order valence-electron chi connectivity index (χ0n) is 17.8. The number of rotatable bonds is 3. The molecule has 31 heavy (non-hydrogen) atoms. The Balaban J connectivity index is 1.62. The van der Waals surface area contributed by atoms with Crippen LogP contribution in [0, 0.1) is 11.3 Å².